The molecule has 0 aromatic carbocycles. The van der Waals surface area contributed by atoms with E-state index < -0.39 is 11.8 Å². The van der Waals surface area contributed by atoms with Gasteiger partial charge in [-0.15, -0.1) is 0 Å². The summed E-state index contributed by atoms with van der Waals surface area (Å²) in [5, 5.41) is 13.1. The number of hydrogen-bond acceptors (Lipinski definition) is 6. The number of hydrogen-bond donors (Lipinski definition) is 1. The highest BCUT2D eigenvalue weighted by molar-refractivity contribution is 5.90. The summed E-state index contributed by atoms with van der Waals surface area (Å²) < 4.78 is 18.0. The molecular weight excluding hydrogens is 353 g/mol. The van der Waals surface area contributed by atoms with Gasteiger partial charge in [-0.05, 0) is 37.3 Å². The number of carbonyl (C=O) groups is 2. The van der Waals surface area contributed by atoms with Gasteiger partial charge in [0.15, 0.2) is 0 Å². The Morgan fingerprint density at radius 1 is 1.37 bits per heavy atom. The van der Waals surface area contributed by atoms with Gasteiger partial charge in [0.1, 0.15) is 17.3 Å². The van der Waals surface area contributed by atoms with Gasteiger partial charge >= 0.3 is 5.97 Å². The van der Waals surface area contributed by atoms with Crippen molar-refractivity contribution in [3.05, 3.63) is 41.2 Å². The molecule has 142 valence electrons. The van der Waals surface area contributed by atoms with Gasteiger partial charge < -0.3 is 9.63 Å². The highest BCUT2D eigenvalue weighted by Gasteiger charge is 2.24. The van der Waals surface area contributed by atoms with Crippen LogP contribution in [0.1, 0.15) is 44.9 Å². The van der Waals surface area contributed by atoms with Gasteiger partial charge in [0.2, 0.25) is 11.7 Å². The lowest BCUT2D eigenvalue weighted by Gasteiger charge is -2.22. The molecule has 0 fully saturated rings. The molecule has 2 aromatic heterocycles. The van der Waals surface area contributed by atoms with E-state index in [4.69, 9.17) is 4.52 Å². The van der Waals surface area contributed by atoms with E-state index in [9.17, 15) is 19.1 Å². The van der Waals surface area contributed by atoms with E-state index >= 15 is 0 Å². The first-order valence-corrected chi connectivity index (χ1v) is 8.82. The molecule has 0 aliphatic heterocycles. The largest absolute Gasteiger partial charge is 0.478 e. The van der Waals surface area contributed by atoms with Crippen LogP contribution in [-0.4, -0.2) is 32.0 Å². The Balaban J connectivity index is 1.59. The summed E-state index contributed by atoms with van der Waals surface area (Å²) in [5.74, 6) is -0.545. The third kappa shape index (κ3) is 4.84. The van der Waals surface area contributed by atoms with Crippen LogP contribution in [-0.2, 0) is 16.0 Å². The second kappa shape index (κ2) is 8.20. The average Bonchev–Trinajstić information content (AvgIpc) is 3.09. The number of carboxylic acid groups (broad SMARTS) is 1. The number of pyridine rings is 1. The Kier molecular flexibility index (Phi) is 5.73. The molecule has 7 nitrogen and oxygen atoms in total. The van der Waals surface area contributed by atoms with Crippen molar-refractivity contribution < 1.29 is 23.6 Å². The molecule has 0 radical (unpaired) electrons. The fourth-order valence-corrected chi connectivity index (χ4v) is 3.19. The van der Waals surface area contributed by atoms with E-state index in [1.165, 1.54) is 12.1 Å². The van der Waals surface area contributed by atoms with Crippen molar-refractivity contribution in [1.82, 2.24) is 15.1 Å². The predicted molar refractivity (Wildman–Crippen MR) is 93.1 cm³/mol. The minimum atomic E-state index is -0.932. The molecule has 1 atom stereocenters. The molecule has 2 heterocycles. The van der Waals surface area contributed by atoms with E-state index in [-0.39, 0.29) is 36.8 Å². The molecule has 1 aliphatic rings. The van der Waals surface area contributed by atoms with E-state index in [1.807, 2.05) is 0 Å². The molecule has 0 saturated carbocycles. The zero-order chi connectivity index (χ0) is 19.4. The van der Waals surface area contributed by atoms with Crippen LogP contribution in [0, 0.1) is 11.7 Å². The van der Waals surface area contributed by atoms with Crippen LogP contribution in [0.25, 0.3) is 11.5 Å². The van der Waals surface area contributed by atoms with Crippen molar-refractivity contribution in [2.75, 3.05) is 0 Å². The zero-order valence-corrected chi connectivity index (χ0v) is 14.9. The normalized spacial score (nSPS) is 17.2. The van der Waals surface area contributed by atoms with Crippen molar-refractivity contribution in [2.45, 2.75) is 45.4 Å². The van der Waals surface area contributed by atoms with E-state index in [2.05, 4.69) is 22.0 Å². The summed E-state index contributed by atoms with van der Waals surface area (Å²) in [5.41, 5.74) is 1.49. The number of aliphatic carboxylic acids is 1. The van der Waals surface area contributed by atoms with Gasteiger partial charge in [-0.2, -0.15) is 4.98 Å². The van der Waals surface area contributed by atoms with Crippen molar-refractivity contribution >= 4 is 11.8 Å². The topological polar surface area (TPSA) is 106 Å². The molecule has 0 saturated heterocycles. The van der Waals surface area contributed by atoms with Crippen LogP contribution < -0.4 is 0 Å². The van der Waals surface area contributed by atoms with Gasteiger partial charge in [-0.25, -0.2) is 14.2 Å². The van der Waals surface area contributed by atoms with E-state index in [0.717, 1.165) is 18.2 Å². The Labute approximate surface area is 155 Å². The summed E-state index contributed by atoms with van der Waals surface area (Å²) in [6.07, 6.45) is 3.65. The highest BCUT2D eigenvalue weighted by atomic mass is 19.1. The number of halogens is 1. The first kappa shape index (κ1) is 18.9. The molecule has 27 heavy (non-hydrogen) atoms. The van der Waals surface area contributed by atoms with Gasteiger partial charge in [-0.3, -0.25) is 4.79 Å². The predicted octanol–water partition coefficient (Wildman–Crippen LogP) is 3.36. The monoisotopic (exact) mass is 373 g/mol. The Bertz CT molecular complexity index is 873. The summed E-state index contributed by atoms with van der Waals surface area (Å²) in [6.45, 7) is 2.06. The fraction of sp³-hybridized carbons (Fsp3) is 0.421. The molecule has 8 heteroatoms. The number of Topliss-reactive ketones (excluding diaryl/α,β-unsaturated/α-hetero) is 1. The average molecular weight is 373 g/mol. The third-order valence-electron chi connectivity index (χ3n) is 4.62. The zero-order valence-electron chi connectivity index (χ0n) is 14.9. The number of aryl methyl sites for hydroxylation is 1. The molecule has 0 amide bonds. The number of allylic oxidation sites excluding steroid dienone is 1. The van der Waals surface area contributed by atoms with Crippen LogP contribution in [0.4, 0.5) is 4.39 Å². The van der Waals surface area contributed by atoms with Crippen LogP contribution in [0.15, 0.2) is 34.0 Å². The Hall–Kier alpha value is -2.90. The smallest absolute Gasteiger partial charge is 0.331 e. The van der Waals surface area contributed by atoms with Crippen molar-refractivity contribution in [3.63, 3.8) is 0 Å². The molecule has 0 spiro atoms. The third-order valence-corrected chi connectivity index (χ3v) is 4.62. The lowest BCUT2D eigenvalue weighted by atomic mass is 9.82. The van der Waals surface area contributed by atoms with Crippen molar-refractivity contribution in [1.29, 1.82) is 0 Å². The highest BCUT2D eigenvalue weighted by Crippen LogP contribution is 2.31. The lowest BCUT2D eigenvalue weighted by Crippen LogP contribution is -2.16. The maximum Gasteiger partial charge on any atom is 0.331 e. The molecular formula is C19H20FN3O4. The van der Waals surface area contributed by atoms with Gasteiger partial charge in [0.05, 0.1) is 6.20 Å². The van der Waals surface area contributed by atoms with Gasteiger partial charge in [0.25, 0.3) is 0 Å². The Morgan fingerprint density at radius 2 is 2.19 bits per heavy atom. The SMILES string of the molecule is CC1CCC(C(=O)O)=C(CC(=O)CCc2nc(-c3ccc(F)cn3)no2)C1. The number of carboxylic acids is 1. The summed E-state index contributed by atoms with van der Waals surface area (Å²) in [7, 11) is 0. The number of carbonyl (C=O) groups excluding carboxylic acids is 1. The van der Waals surface area contributed by atoms with E-state index in [1.54, 1.807) is 0 Å². The standard InChI is InChI=1S/C19H20FN3O4/c1-11-2-5-15(19(25)26)12(8-11)9-14(24)4-7-17-22-18(23-27-17)16-6-3-13(20)10-21-16/h3,6,10-11H,2,4-5,7-9H2,1H3,(H,25,26). The maximum atomic E-state index is 12.9. The number of rotatable bonds is 7. The first-order valence-electron chi connectivity index (χ1n) is 8.82. The number of ketones is 1. The lowest BCUT2D eigenvalue weighted by molar-refractivity contribution is -0.133. The second-order valence-corrected chi connectivity index (χ2v) is 6.82. The van der Waals surface area contributed by atoms with Crippen LogP contribution >= 0.6 is 0 Å². The van der Waals surface area contributed by atoms with Crippen molar-refractivity contribution in [3.8, 4) is 11.5 Å². The molecule has 0 bridgehead atoms. The quantitative estimate of drug-likeness (QED) is 0.793. The fourth-order valence-electron chi connectivity index (χ4n) is 3.19. The Morgan fingerprint density at radius 3 is 2.89 bits per heavy atom. The molecule has 1 N–H and O–H groups in total. The molecule has 3 rings (SSSR count). The molecule has 1 unspecified atom stereocenters. The number of nitrogens with zero attached hydrogens (tertiary/aromatic N) is 3. The first-order chi connectivity index (χ1) is 12.9. The number of aromatic nitrogens is 3. The summed E-state index contributed by atoms with van der Waals surface area (Å²) in [6, 6.07) is 2.69. The van der Waals surface area contributed by atoms with Crippen LogP contribution in [0.3, 0.4) is 0 Å². The van der Waals surface area contributed by atoms with Gasteiger partial charge in [-0.1, -0.05) is 17.7 Å². The summed E-state index contributed by atoms with van der Waals surface area (Å²) in [4.78, 5) is 31.7. The second-order valence-electron chi connectivity index (χ2n) is 6.82. The van der Waals surface area contributed by atoms with E-state index in [0.29, 0.717) is 30.0 Å². The minimum absolute atomic E-state index is 0.0579. The van der Waals surface area contributed by atoms with Crippen molar-refractivity contribution in [2.24, 2.45) is 5.92 Å². The maximum absolute atomic E-state index is 12.9. The molecule has 1 aliphatic carbocycles. The molecule has 2 aromatic rings. The van der Waals surface area contributed by atoms with Crippen LogP contribution in [0.2, 0.25) is 0 Å². The van der Waals surface area contributed by atoms with Crippen LogP contribution in [0.5, 0.6) is 0 Å². The summed E-state index contributed by atoms with van der Waals surface area (Å²) >= 11 is 0. The van der Waals surface area contributed by atoms with Gasteiger partial charge in [0, 0.05) is 24.8 Å². The minimum Gasteiger partial charge on any atom is -0.478 e.